The average Bonchev–Trinajstić information content (AvgIpc) is 2.89. The molecule has 0 spiro atoms. The van der Waals surface area contributed by atoms with Crippen LogP contribution in [0.15, 0.2) is 18.6 Å². The van der Waals surface area contributed by atoms with Crippen LogP contribution in [0.25, 0.3) is 5.82 Å². The van der Waals surface area contributed by atoms with Gasteiger partial charge in [0.25, 0.3) is 5.91 Å². The van der Waals surface area contributed by atoms with Crippen molar-refractivity contribution in [3.8, 4) is 11.7 Å². The zero-order valence-corrected chi connectivity index (χ0v) is 12.4. The third-order valence-corrected chi connectivity index (χ3v) is 2.61. The van der Waals surface area contributed by atoms with Gasteiger partial charge in [0.15, 0.2) is 11.5 Å². The van der Waals surface area contributed by atoms with E-state index in [-0.39, 0.29) is 17.7 Å². The van der Waals surface area contributed by atoms with E-state index in [0.29, 0.717) is 17.4 Å². The number of carbonyl (C=O) groups is 1. The highest BCUT2D eigenvalue weighted by Crippen LogP contribution is 2.24. The summed E-state index contributed by atoms with van der Waals surface area (Å²) in [6.07, 6.45) is 2.91. The summed E-state index contributed by atoms with van der Waals surface area (Å²) in [5.41, 5.74) is 6.59. The predicted molar refractivity (Wildman–Crippen MR) is 77.3 cm³/mol. The van der Waals surface area contributed by atoms with E-state index in [9.17, 15) is 4.79 Å². The molecule has 2 aromatic heterocycles. The Morgan fingerprint density at radius 2 is 2.10 bits per heavy atom. The van der Waals surface area contributed by atoms with Crippen LogP contribution in [0.4, 0.5) is 5.69 Å². The van der Waals surface area contributed by atoms with Gasteiger partial charge in [0, 0.05) is 20.3 Å². The van der Waals surface area contributed by atoms with Crippen molar-refractivity contribution in [1.29, 1.82) is 0 Å². The first-order valence-electron chi connectivity index (χ1n) is 6.45. The molecule has 8 heteroatoms. The van der Waals surface area contributed by atoms with Gasteiger partial charge in [-0.2, -0.15) is 10.1 Å². The Morgan fingerprint density at radius 1 is 1.38 bits per heavy atom. The summed E-state index contributed by atoms with van der Waals surface area (Å²) in [5, 5.41) is 4.18. The summed E-state index contributed by atoms with van der Waals surface area (Å²) in [5.74, 6) is 0.476. The van der Waals surface area contributed by atoms with E-state index >= 15 is 0 Å². The predicted octanol–water partition coefficient (Wildman–Crippen LogP) is 0.733. The molecule has 21 heavy (non-hydrogen) atoms. The largest absolute Gasteiger partial charge is 0.473 e. The van der Waals surface area contributed by atoms with Gasteiger partial charge in [0.1, 0.15) is 12.0 Å². The number of nitrogen functional groups attached to an aromatic ring is 1. The van der Waals surface area contributed by atoms with E-state index in [1.165, 1.54) is 15.9 Å². The zero-order chi connectivity index (χ0) is 15.6. The molecule has 1 amide bonds. The van der Waals surface area contributed by atoms with Gasteiger partial charge in [0.2, 0.25) is 5.88 Å². The maximum absolute atomic E-state index is 11.8. The minimum Gasteiger partial charge on any atom is -0.473 e. The standard InChI is InChI=1S/C13H18N6O2/c1-8(2)21-12-10(14)11(15-7-16-12)19-6-5-9(17-19)13(20)18(3)4/h5-8H,14H2,1-4H3. The van der Waals surface area contributed by atoms with E-state index in [2.05, 4.69) is 15.1 Å². The van der Waals surface area contributed by atoms with Crippen molar-refractivity contribution in [3.63, 3.8) is 0 Å². The first kappa shape index (κ1) is 14.8. The molecule has 0 radical (unpaired) electrons. The van der Waals surface area contributed by atoms with Crippen LogP contribution in [0.5, 0.6) is 5.88 Å². The summed E-state index contributed by atoms with van der Waals surface area (Å²) >= 11 is 0. The first-order chi connectivity index (χ1) is 9.90. The lowest BCUT2D eigenvalue weighted by Crippen LogP contribution is -2.22. The smallest absolute Gasteiger partial charge is 0.273 e. The van der Waals surface area contributed by atoms with E-state index < -0.39 is 0 Å². The molecule has 0 fully saturated rings. The first-order valence-corrected chi connectivity index (χ1v) is 6.45. The second-order valence-electron chi connectivity index (χ2n) is 4.93. The Balaban J connectivity index is 2.37. The van der Waals surface area contributed by atoms with Crippen LogP contribution >= 0.6 is 0 Å². The number of carbonyl (C=O) groups excluding carboxylic acids is 1. The van der Waals surface area contributed by atoms with Crippen molar-refractivity contribution in [2.75, 3.05) is 19.8 Å². The molecule has 0 saturated heterocycles. The van der Waals surface area contributed by atoms with Crippen LogP contribution in [0.1, 0.15) is 24.3 Å². The van der Waals surface area contributed by atoms with Crippen molar-refractivity contribution in [2.24, 2.45) is 0 Å². The summed E-state index contributed by atoms with van der Waals surface area (Å²) in [6.45, 7) is 3.76. The van der Waals surface area contributed by atoms with Crippen molar-refractivity contribution in [2.45, 2.75) is 20.0 Å². The lowest BCUT2D eigenvalue weighted by molar-refractivity contribution is 0.0821. The summed E-state index contributed by atoms with van der Waals surface area (Å²) in [7, 11) is 3.32. The van der Waals surface area contributed by atoms with Crippen LogP contribution in [-0.2, 0) is 0 Å². The highest BCUT2D eigenvalue weighted by Gasteiger charge is 2.16. The number of rotatable bonds is 4. The minimum absolute atomic E-state index is 0.0569. The van der Waals surface area contributed by atoms with E-state index in [4.69, 9.17) is 10.5 Å². The van der Waals surface area contributed by atoms with E-state index in [1.54, 1.807) is 26.4 Å². The van der Waals surface area contributed by atoms with Gasteiger partial charge in [-0.3, -0.25) is 4.79 Å². The molecule has 0 aliphatic carbocycles. The monoisotopic (exact) mass is 290 g/mol. The fraction of sp³-hybridized carbons (Fsp3) is 0.385. The molecular formula is C13H18N6O2. The number of anilines is 1. The second-order valence-corrected chi connectivity index (χ2v) is 4.93. The Bertz CT molecular complexity index is 650. The average molecular weight is 290 g/mol. The number of amides is 1. The Labute approximate surface area is 122 Å². The number of hydrogen-bond donors (Lipinski definition) is 1. The van der Waals surface area contributed by atoms with Crippen molar-refractivity contribution in [3.05, 3.63) is 24.3 Å². The van der Waals surface area contributed by atoms with Gasteiger partial charge in [-0.15, -0.1) is 0 Å². The lowest BCUT2D eigenvalue weighted by atomic mass is 10.4. The van der Waals surface area contributed by atoms with Crippen molar-refractivity contribution < 1.29 is 9.53 Å². The molecule has 2 aromatic rings. The summed E-state index contributed by atoms with van der Waals surface area (Å²) in [4.78, 5) is 21.4. The lowest BCUT2D eigenvalue weighted by Gasteiger charge is -2.12. The quantitative estimate of drug-likeness (QED) is 0.891. The maximum Gasteiger partial charge on any atom is 0.273 e. The fourth-order valence-electron chi connectivity index (χ4n) is 1.66. The molecule has 8 nitrogen and oxygen atoms in total. The van der Waals surface area contributed by atoms with Gasteiger partial charge in [0.05, 0.1) is 6.10 Å². The van der Waals surface area contributed by atoms with Crippen molar-refractivity contribution >= 4 is 11.6 Å². The molecule has 2 heterocycles. The van der Waals surface area contributed by atoms with Crippen LogP contribution in [0, 0.1) is 0 Å². The third-order valence-electron chi connectivity index (χ3n) is 2.61. The number of hydrogen-bond acceptors (Lipinski definition) is 6. The molecule has 2 N–H and O–H groups in total. The maximum atomic E-state index is 11.8. The summed E-state index contributed by atoms with van der Waals surface area (Å²) < 4.78 is 6.94. The molecule has 0 bridgehead atoms. The SMILES string of the molecule is CC(C)Oc1ncnc(-n2ccc(C(=O)N(C)C)n2)c1N. The number of nitrogens with two attached hydrogens (primary N) is 1. The Morgan fingerprint density at radius 3 is 2.71 bits per heavy atom. The normalized spacial score (nSPS) is 10.7. The van der Waals surface area contributed by atoms with Gasteiger partial charge in [-0.05, 0) is 19.9 Å². The van der Waals surface area contributed by atoms with Crippen LogP contribution in [0.3, 0.4) is 0 Å². The molecule has 0 aliphatic rings. The number of ether oxygens (including phenoxy) is 1. The topological polar surface area (TPSA) is 99.2 Å². The second kappa shape index (κ2) is 5.78. The van der Waals surface area contributed by atoms with Crippen LogP contribution in [-0.4, -0.2) is 50.8 Å². The number of aromatic nitrogens is 4. The minimum atomic E-state index is -0.194. The molecule has 112 valence electrons. The van der Waals surface area contributed by atoms with Gasteiger partial charge < -0.3 is 15.4 Å². The molecule has 0 unspecified atom stereocenters. The molecule has 0 atom stereocenters. The van der Waals surface area contributed by atoms with Crippen molar-refractivity contribution in [1.82, 2.24) is 24.6 Å². The molecule has 2 rings (SSSR count). The van der Waals surface area contributed by atoms with Crippen LogP contribution < -0.4 is 10.5 Å². The fourth-order valence-corrected chi connectivity index (χ4v) is 1.66. The molecule has 0 aliphatic heterocycles. The zero-order valence-electron chi connectivity index (χ0n) is 12.4. The van der Waals surface area contributed by atoms with Gasteiger partial charge >= 0.3 is 0 Å². The number of nitrogens with zero attached hydrogens (tertiary/aromatic N) is 5. The molecule has 0 saturated carbocycles. The highest BCUT2D eigenvalue weighted by molar-refractivity contribution is 5.91. The van der Waals surface area contributed by atoms with Gasteiger partial charge in [-0.1, -0.05) is 0 Å². The molecular weight excluding hydrogens is 272 g/mol. The van der Waals surface area contributed by atoms with Gasteiger partial charge in [-0.25, -0.2) is 9.67 Å². The Kier molecular flexibility index (Phi) is 4.06. The van der Waals surface area contributed by atoms with E-state index in [0.717, 1.165) is 0 Å². The Hall–Kier alpha value is -2.64. The summed E-state index contributed by atoms with van der Waals surface area (Å²) in [6, 6.07) is 1.60. The molecule has 0 aromatic carbocycles. The van der Waals surface area contributed by atoms with E-state index in [1.807, 2.05) is 13.8 Å². The highest BCUT2D eigenvalue weighted by atomic mass is 16.5. The third kappa shape index (κ3) is 3.10. The van der Waals surface area contributed by atoms with Crippen LogP contribution in [0.2, 0.25) is 0 Å².